The van der Waals surface area contributed by atoms with E-state index in [9.17, 15) is 0 Å². The molecule has 0 radical (unpaired) electrons. The third-order valence-corrected chi connectivity index (χ3v) is 33.4. The van der Waals surface area contributed by atoms with Gasteiger partial charge >= 0.3 is 272 Å². The Labute approximate surface area is 295 Å². The van der Waals surface area contributed by atoms with Crippen molar-refractivity contribution in [3.05, 3.63) is 129 Å². The molecule has 3 heteroatoms. The summed E-state index contributed by atoms with van der Waals surface area (Å²) < 4.78 is 4.37. The molecule has 0 bridgehead atoms. The van der Waals surface area contributed by atoms with Crippen molar-refractivity contribution in [3.8, 4) is 22.3 Å². The Morgan fingerprint density at radius 2 is 0.957 bits per heavy atom. The maximum atomic E-state index is 2.66. The van der Waals surface area contributed by atoms with Crippen LogP contribution in [0.1, 0.15) is 88.7 Å². The molecule has 4 aromatic carbocycles. The van der Waals surface area contributed by atoms with Crippen molar-refractivity contribution >= 4 is 12.2 Å². The van der Waals surface area contributed by atoms with E-state index in [1.807, 2.05) is 0 Å². The molecule has 4 aromatic rings. The molecular weight excluding hydrogens is 766 g/mol. The molecule has 0 amide bonds. The van der Waals surface area contributed by atoms with Gasteiger partial charge in [-0.2, -0.15) is 0 Å². The number of hydrogen-bond donors (Lipinski definition) is 0. The summed E-state index contributed by atoms with van der Waals surface area (Å²) in [5, 5.41) is 0. The third kappa shape index (κ3) is 5.77. The van der Waals surface area contributed by atoms with Gasteiger partial charge < -0.3 is 24.8 Å². The molecule has 0 saturated carbocycles. The van der Waals surface area contributed by atoms with Crippen LogP contribution >= 0.6 is 0 Å². The molecule has 0 aromatic heterocycles. The molecule has 46 heavy (non-hydrogen) atoms. The summed E-state index contributed by atoms with van der Waals surface area (Å²) in [6.45, 7) is 14.3. The predicted octanol–water partition coefficient (Wildman–Crippen LogP) is 6.44. The Morgan fingerprint density at radius 3 is 1.26 bits per heavy atom. The summed E-state index contributed by atoms with van der Waals surface area (Å²) in [5.74, 6) is 1.13. The molecule has 1 heterocycles. The van der Waals surface area contributed by atoms with Gasteiger partial charge in [0.25, 0.3) is 0 Å². The van der Waals surface area contributed by atoms with E-state index in [1.54, 1.807) is 22.3 Å². The van der Waals surface area contributed by atoms with E-state index in [0.29, 0.717) is 19.2 Å². The molecule has 1 aliphatic heterocycles. The first-order chi connectivity index (χ1) is 21.4. The zero-order valence-corrected chi connectivity index (χ0v) is 33.4. The Kier molecular flexibility index (Phi) is 10.8. The van der Waals surface area contributed by atoms with Crippen molar-refractivity contribution in [3.63, 3.8) is 0 Å². The van der Waals surface area contributed by atoms with Crippen LogP contribution in [0.5, 0.6) is 0 Å². The van der Waals surface area contributed by atoms with Gasteiger partial charge in [0.05, 0.1) is 0 Å². The van der Waals surface area contributed by atoms with Gasteiger partial charge in [0.15, 0.2) is 0 Å². The van der Waals surface area contributed by atoms with Crippen LogP contribution in [0.25, 0.3) is 34.4 Å². The quantitative estimate of drug-likeness (QED) is 0.180. The van der Waals surface area contributed by atoms with Crippen LogP contribution in [-0.2, 0) is 32.8 Å². The molecule has 3 aliphatic rings. The number of hydrogen-bond acceptors (Lipinski definition) is 0. The van der Waals surface area contributed by atoms with Crippen LogP contribution in [0.4, 0.5) is 0 Å². The molecule has 2 atom stereocenters. The Bertz CT molecular complexity index is 1630. The van der Waals surface area contributed by atoms with E-state index in [0.717, 1.165) is 12.8 Å². The fourth-order valence-corrected chi connectivity index (χ4v) is 32.4. The van der Waals surface area contributed by atoms with Crippen LogP contribution in [0.15, 0.2) is 96.1 Å². The van der Waals surface area contributed by atoms with E-state index in [2.05, 4.69) is 139 Å². The molecular formula is C43H48Cl2Hf. The molecule has 0 N–H and O–H groups in total. The molecule has 2 aliphatic carbocycles. The zero-order chi connectivity index (χ0) is 30.6. The van der Waals surface area contributed by atoms with Gasteiger partial charge in [0.1, 0.15) is 0 Å². The standard InChI is InChI=1S/2C20H21.C3H6.2ClH.Hf/c2*1-4-15-8-10-16(11-9-15)19-7-5-6-17-12-18(14(2)3)13-20(17)19;1-3-2;;;/h2*5-14H,4H2,1-3H3;1-3H2;2*1H;/q;;;;;+2/p-2. The van der Waals surface area contributed by atoms with Crippen LogP contribution in [0.2, 0.25) is 8.35 Å². The predicted molar refractivity (Wildman–Crippen MR) is 188 cm³/mol. The maximum absolute atomic E-state index is 3.08. The van der Waals surface area contributed by atoms with Gasteiger partial charge in [-0.1, -0.05) is 0 Å². The first-order valence-electron chi connectivity index (χ1n) is 17.2. The first-order valence-corrected chi connectivity index (χ1v) is 26.5. The summed E-state index contributed by atoms with van der Waals surface area (Å²) in [6, 6.07) is 33.3. The second-order valence-electron chi connectivity index (χ2n) is 14.3. The summed E-state index contributed by atoms with van der Waals surface area (Å²) in [6.07, 6.45) is 8.92. The smallest absolute Gasteiger partial charge is 1.00 e. The van der Waals surface area contributed by atoms with Gasteiger partial charge in [-0.25, -0.2) is 0 Å². The number of benzene rings is 4. The molecule has 7 rings (SSSR count). The molecule has 1 saturated heterocycles. The van der Waals surface area contributed by atoms with Crippen molar-refractivity contribution in [1.82, 2.24) is 0 Å². The Balaban J connectivity index is 0.00000208. The minimum atomic E-state index is -3.08. The van der Waals surface area contributed by atoms with E-state index in [-0.39, 0.29) is 24.8 Å². The molecule has 0 nitrogen and oxygen atoms in total. The normalized spacial score (nSPS) is 18.3. The van der Waals surface area contributed by atoms with Gasteiger partial charge in [0, 0.05) is 0 Å². The fraction of sp³-hybridized carbons (Fsp3) is 0.349. The number of halogens is 2. The van der Waals surface area contributed by atoms with Crippen LogP contribution in [0, 0.1) is 11.8 Å². The molecule has 0 spiro atoms. The number of fused-ring (bicyclic) bond motifs is 2. The van der Waals surface area contributed by atoms with E-state index in [4.69, 9.17) is 0 Å². The third-order valence-electron chi connectivity index (χ3n) is 11.3. The van der Waals surface area contributed by atoms with Crippen LogP contribution in [-0.4, -0.2) is 0 Å². The zero-order valence-electron chi connectivity index (χ0n) is 28.3. The Morgan fingerprint density at radius 1 is 0.565 bits per heavy atom. The van der Waals surface area contributed by atoms with E-state index < -0.39 is 20.0 Å². The van der Waals surface area contributed by atoms with Crippen molar-refractivity contribution in [2.75, 3.05) is 0 Å². The SMILES string of the molecule is CCc1ccc(-c2cccc3c2C=C(C(C)C)[CH]3[Hf+2]2([CH]3C(C(C)C)=Cc4c(-c5ccc(CC)cc5)cccc43)[CH2]C[CH2]2)cc1.[Cl-].[Cl-]. The van der Waals surface area contributed by atoms with Gasteiger partial charge in [-0.3, -0.25) is 0 Å². The number of allylic oxidation sites excluding steroid dienone is 2. The van der Waals surface area contributed by atoms with Crippen molar-refractivity contribution in [2.24, 2.45) is 11.8 Å². The summed E-state index contributed by atoms with van der Waals surface area (Å²) in [7, 11) is 0. The van der Waals surface area contributed by atoms with Crippen molar-refractivity contribution < 1.29 is 44.8 Å². The van der Waals surface area contributed by atoms with Crippen molar-refractivity contribution in [1.29, 1.82) is 0 Å². The second kappa shape index (κ2) is 14.1. The average molecular weight is 814 g/mol. The number of aryl methyl sites for hydroxylation is 2. The Hall–Kier alpha value is -2.19. The van der Waals surface area contributed by atoms with E-state index in [1.165, 1.54) is 59.3 Å². The minimum absolute atomic E-state index is 0. The average Bonchev–Trinajstić information content (AvgIpc) is 3.61. The molecule has 1 fully saturated rings. The maximum Gasteiger partial charge on any atom is -1.00 e. The molecule has 238 valence electrons. The summed E-state index contributed by atoms with van der Waals surface area (Å²) in [4.78, 5) is 0. The van der Waals surface area contributed by atoms with Gasteiger partial charge in [-0.05, 0) is 0 Å². The van der Waals surface area contributed by atoms with Crippen LogP contribution in [0.3, 0.4) is 0 Å². The monoisotopic (exact) mass is 814 g/mol. The number of rotatable bonds is 8. The first kappa shape index (κ1) is 35.1. The topological polar surface area (TPSA) is 0 Å². The van der Waals surface area contributed by atoms with E-state index >= 15 is 0 Å². The largest absolute Gasteiger partial charge is 1.00 e. The second-order valence-corrected chi connectivity index (χ2v) is 30.9. The van der Waals surface area contributed by atoms with Gasteiger partial charge in [-0.15, -0.1) is 0 Å². The minimum Gasteiger partial charge on any atom is -1.00 e. The van der Waals surface area contributed by atoms with Gasteiger partial charge in [0.2, 0.25) is 0 Å². The van der Waals surface area contributed by atoms with Crippen molar-refractivity contribution in [2.45, 2.75) is 76.5 Å². The fourth-order valence-electron chi connectivity index (χ4n) is 8.81. The summed E-state index contributed by atoms with van der Waals surface area (Å²) in [5.41, 5.74) is 18.3. The molecule has 2 unspecified atom stereocenters. The summed E-state index contributed by atoms with van der Waals surface area (Å²) >= 11 is -3.08. The van der Waals surface area contributed by atoms with Crippen LogP contribution < -0.4 is 24.8 Å².